The van der Waals surface area contributed by atoms with E-state index in [1.165, 1.54) is 17.7 Å². The number of methoxy groups -OCH3 is 1. The molecule has 2 nitrogen and oxygen atoms in total. The van der Waals surface area contributed by atoms with Gasteiger partial charge in [-0.1, -0.05) is 26.7 Å². The Kier molecular flexibility index (Phi) is 5.73. The molecule has 15 heavy (non-hydrogen) atoms. The van der Waals surface area contributed by atoms with Crippen molar-refractivity contribution in [2.45, 2.75) is 33.2 Å². The Morgan fingerprint density at radius 2 is 2.13 bits per heavy atom. The van der Waals surface area contributed by atoms with Crippen molar-refractivity contribution in [2.75, 3.05) is 13.7 Å². The van der Waals surface area contributed by atoms with Crippen LogP contribution in [0, 0.1) is 5.92 Å². The molecule has 1 aromatic rings. The molecule has 0 bridgehead atoms. The summed E-state index contributed by atoms with van der Waals surface area (Å²) in [6, 6.07) is 2.03. The fourth-order valence-corrected chi connectivity index (χ4v) is 2.42. The third-order valence-corrected chi connectivity index (χ3v) is 3.70. The van der Waals surface area contributed by atoms with Gasteiger partial charge < -0.3 is 10.1 Å². The van der Waals surface area contributed by atoms with Gasteiger partial charge in [0.1, 0.15) is 5.75 Å². The molecular weight excluding hydrogens is 206 g/mol. The first-order valence-electron chi connectivity index (χ1n) is 5.62. The van der Waals surface area contributed by atoms with Crippen LogP contribution < -0.4 is 10.1 Å². The van der Waals surface area contributed by atoms with Crippen molar-refractivity contribution in [3.8, 4) is 5.75 Å². The first-order chi connectivity index (χ1) is 7.31. The summed E-state index contributed by atoms with van der Waals surface area (Å²) in [6.45, 7) is 6.54. The van der Waals surface area contributed by atoms with Crippen LogP contribution in [-0.2, 0) is 6.54 Å². The van der Waals surface area contributed by atoms with Crippen LogP contribution in [0.15, 0.2) is 11.4 Å². The molecule has 3 heteroatoms. The summed E-state index contributed by atoms with van der Waals surface area (Å²) < 4.78 is 5.27. The Balaban J connectivity index is 2.31. The van der Waals surface area contributed by atoms with E-state index < -0.39 is 0 Å². The minimum Gasteiger partial charge on any atom is -0.496 e. The van der Waals surface area contributed by atoms with E-state index in [0.29, 0.717) is 0 Å². The summed E-state index contributed by atoms with van der Waals surface area (Å²) in [5, 5.41) is 5.57. The molecule has 1 aromatic heterocycles. The monoisotopic (exact) mass is 227 g/mol. The predicted molar refractivity (Wildman–Crippen MR) is 66.6 cm³/mol. The summed E-state index contributed by atoms with van der Waals surface area (Å²) in [7, 11) is 1.73. The summed E-state index contributed by atoms with van der Waals surface area (Å²) in [4.78, 5) is 1.29. The van der Waals surface area contributed by atoms with Gasteiger partial charge in [0.15, 0.2) is 0 Å². The number of ether oxygens (including phenoxy) is 1. The Morgan fingerprint density at radius 3 is 2.73 bits per heavy atom. The summed E-state index contributed by atoms with van der Waals surface area (Å²) in [5.41, 5.74) is 0. The Hall–Kier alpha value is -0.540. The second-order valence-electron chi connectivity index (χ2n) is 3.73. The zero-order valence-corrected chi connectivity index (χ0v) is 10.7. The minimum absolute atomic E-state index is 0.802. The van der Waals surface area contributed by atoms with Crippen LogP contribution in [0.5, 0.6) is 5.75 Å². The summed E-state index contributed by atoms with van der Waals surface area (Å²) >= 11 is 1.75. The van der Waals surface area contributed by atoms with Crippen LogP contribution in [0.2, 0.25) is 0 Å². The highest BCUT2D eigenvalue weighted by atomic mass is 32.1. The van der Waals surface area contributed by atoms with E-state index >= 15 is 0 Å². The Labute approximate surface area is 96.7 Å². The van der Waals surface area contributed by atoms with Crippen LogP contribution in [-0.4, -0.2) is 13.7 Å². The molecule has 0 spiro atoms. The highest BCUT2D eigenvalue weighted by molar-refractivity contribution is 7.10. The van der Waals surface area contributed by atoms with E-state index in [1.54, 1.807) is 18.4 Å². The van der Waals surface area contributed by atoms with Gasteiger partial charge in [-0.2, -0.15) is 0 Å². The first-order valence-corrected chi connectivity index (χ1v) is 6.50. The summed E-state index contributed by atoms with van der Waals surface area (Å²) in [5.74, 6) is 1.81. The van der Waals surface area contributed by atoms with Gasteiger partial charge in [-0.05, 0) is 23.9 Å². The minimum atomic E-state index is 0.802. The maximum absolute atomic E-state index is 5.27. The highest BCUT2D eigenvalue weighted by Crippen LogP contribution is 2.23. The van der Waals surface area contributed by atoms with Crippen LogP contribution in [0.25, 0.3) is 0 Å². The normalized spacial score (nSPS) is 10.9. The Bertz CT molecular complexity index is 268. The molecule has 86 valence electrons. The van der Waals surface area contributed by atoms with E-state index in [0.717, 1.165) is 24.8 Å². The van der Waals surface area contributed by atoms with Gasteiger partial charge in [-0.3, -0.25) is 0 Å². The van der Waals surface area contributed by atoms with Gasteiger partial charge in [-0.15, -0.1) is 11.3 Å². The number of thiophene rings is 1. The van der Waals surface area contributed by atoms with Crippen molar-refractivity contribution in [1.82, 2.24) is 5.32 Å². The molecule has 0 radical (unpaired) electrons. The second kappa shape index (κ2) is 6.85. The number of hydrogen-bond acceptors (Lipinski definition) is 3. The standard InChI is InChI=1S/C12H21NOS/c1-4-10(5-2)8-13-9-12-11(14-3)6-7-15-12/h6-7,10,13H,4-5,8-9H2,1-3H3. The topological polar surface area (TPSA) is 21.3 Å². The molecule has 0 fully saturated rings. The molecule has 0 aliphatic rings. The van der Waals surface area contributed by atoms with Crippen molar-refractivity contribution in [2.24, 2.45) is 5.92 Å². The first kappa shape index (κ1) is 12.5. The molecule has 1 heterocycles. The lowest BCUT2D eigenvalue weighted by Crippen LogP contribution is -2.21. The molecule has 0 amide bonds. The van der Waals surface area contributed by atoms with Crippen LogP contribution in [0.1, 0.15) is 31.6 Å². The average Bonchev–Trinajstić information content (AvgIpc) is 2.72. The molecule has 0 unspecified atom stereocenters. The maximum atomic E-state index is 5.27. The lowest BCUT2D eigenvalue weighted by molar-refractivity contribution is 0.406. The molecule has 0 atom stereocenters. The van der Waals surface area contributed by atoms with E-state index in [-0.39, 0.29) is 0 Å². The number of hydrogen-bond donors (Lipinski definition) is 1. The van der Waals surface area contributed by atoms with E-state index in [2.05, 4.69) is 24.5 Å². The second-order valence-corrected chi connectivity index (χ2v) is 4.73. The molecule has 0 saturated heterocycles. The predicted octanol–water partition coefficient (Wildman–Crippen LogP) is 3.28. The average molecular weight is 227 g/mol. The van der Waals surface area contributed by atoms with Crippen molar-refractivity contribution in [3.05, 3.63) is 16.3 Å². The van der Waals surface area contributed by atoms with Gasteiger partial charge in [0.2, 0.25) is 0 Å². The summed E-state index contributed by atoms with van der Waals surface area (Å²) in [6.07, 6.45) is 2.51. The molecule has 1 N–H and O–H groups in total. The SMILES string of the molecule is CCC(CC)CNCc1sccc1OC. The fraction of sp³-hybridized carbons (Fsp3) is 0.667. The van der Waals surface area contributed by atoms with E-state index in [1.807, 2.05) is 6.07 Å². The van der Waals surface area contributed by atoms with Crippen molar-refractivity contribution in [3.63, 3.8) is 0 Å². The lowest BCUT2D eigenvalue weighted by atomic mass is 10.0. The van der Waals surface area contributed by atoms with Gasteiger partial charge in [0.05, 0.1) is 12.0 Å². The quantitative estimate of drug-likeness (QED) is 0.772. The van der Waals surface area contributed by atoms with Crippen molar-refractivity contribution >= 4 is 11.3 Å². The third-order valence-electron chi connectivity index (χ3n) is 2.80. The smallest absolute Gasteiger partial charge is 0.134 e. The van der Waals surface area contributed by atoms with Crippen LogP contribution in [0.3, 0.4) is 0 Å². The third kappa shape index (κ3) is 3.84. The van der Waals surface area contributed by atoms with Gasteiger partial charge in [-0.25, -0.2) is 0 Å². The van der Waals surface area contributed by atoms with Gasteiger partial charge in [0.25, 0.3) is 0 Å². The molecule has 0 saturated carbocycles. The van der Waals surface area contributed by atoms with Crippen LogP contribution >= 0.6 is 11.3 Å². The molecule has 0 aromatic carbocycles. The molecule has 0 aliphatic carbocycles. The van der Waals surface area contributed by atoms with E-state index in [4.69, 9.17) is 4.74 Å². The van der Waals surface area contributed by atoms with Crippen molar-refractivity contribution in [1.29, 1.82) is 0 Å². The van der Waals surface area contributed by atoms with Gasteiger partial charge >= 0.3 is 0 Å². The zero-order valence-electron chi connectivity index (χ0n) is 9.88. The maximum Gasteiger partial charge on any atom is 0.134 e. The number of rotatable bonds is 7. The van der Waals surface area contributed by atoms with Crippen molar-refractivity contribution < 1.29 is 4.74 Å². The zero-order chi connectivity index (χ0) is 11.1. The molecule has 0 aliphatic heterocycles. The van der Waals surface area contributed by atoms with Gasteiger partial charge in [0, 0.05) is 6.54 Å². The lowest BCUT2D eigenvalue weighted by Gasteiger charge is -2.13. The molecular formula is C12H21NOS. The highest BCUT2D eigenvalue weighted by Gasteiger charge is 2.06. The largest absolute Gasteiger partial charge is 0.496 e. The molecule has 1 rings (SSSR count). The number of nitrogens with one attached hydrogen (secondary N) is 1. The fourth-order valence-electron chi connectivity index (χ4n) is 1.61. The van der Waals surface area contributed by atoms with Crippen LogP contribution in [0.4, 0.5) is 0 Å². The van der Waals surface area contributed by atoms with E-state index in [9.17, 15) is 0 Å². The Morgan fingerprint density at radius 1 is 1.40 bits per heavy atom.